The smallest absolute Gasteiger partial charge is 0.243 e. The lowest BCUT2D eigenvalue weighted by molar-refractivity contribution is -0.123. The number of methoxy groups -OCH3 is 1. The van der Waals surface area contributed by atoms with E-state index in [0.29, 0.717) is 50.3 Å². The molecule has 2 heterocycles. The highest BCUT2D eigenvalue weighted by Gasteiger charge is 2.29. The molecule has 35 heavy (non-hydrogen) atoms. The van der Waals surface area contributed by atoms with Crippen molar-refractivity contribution in [1.29, 1.82) is 0 Å². The number of aryl methyl sites for hydroxylation is 1. The molecule has 0 aliphatic carbocycles. The van der Waals surface area contributed by atoms with E-state index in [9.17, 15) is 18.0 Å². The number of carbonyl (C=O) groups is 2. The third-order valence-electron chi connectivity index (χ3n) is 6.61. The van der Waals surface area contributed by atoms with Crippen molar-refractivity contribution in [2.45, 2.75) is 56.4 Å². The Kier molecular flexibility index (Phi) is 8.07. The SMILES string of the molecule is COc1cccc(CNC(=O)CN2C(=O)CCCc3cc(S(=O)(=O)N4CCCCCC4)ccc32)c1. The number of nitrogens with one attached hydrogen (secondary N) is 1. The van der Waals surface area contributed by atoms with Crippen molar-refractivity contribution in [3.8, 4) is 5.75 Å². The molecule has 0 aromatic heterocycles. The molecule has 2 aliphatic heterocycles. The maximum Gasteiger partial charge on any atom is 0.243 e. The molecule has 8 nitrogen and oxygen atoms in total. The average molecular weight is 500 g/mol. The summed E-state index contributed by atoms with van der Waals surface area (Å²) in [5, 5.41) is 2.86. The van der Waals surface area contributed by atoms with Gasteiger partial charge in [0.2, 0.25) is 21.8 Å². The fourth-order valence-electron chi connectivity index (χ4n) is 4.67. The van der Waals surface area contributed by atoms with E-state index in [1.807, 2.05) is 24.3 Å². The van der Waals surface area contributed by atoms with Gasteiger partial charge in [-0.1, -0.05) is 25.0 Å². The molecule has 0 bridgehead atoms. The quantitative estimate of drug-likeness (QED) is 0.631. The summed E-state index contributed by atoms with van der Waals surface area (Å²) in [5.74, 6) is 0.290. The summed E-state index contributed by atoms with van der Waals surface area (Å²) in [6.45, 7) is 1.28. The second-order valence-corrected chi connectivity index (χ2v) is 11.0. The van der Waals surface area contributed by atoms with E-state index in [-0.39, 0.29) is 23.3 Å². The summed E-state index contributed by atoms with van der Waals surface area (Å²) in [6.07, 6.45) is 5.36. The van der Waals surface area contributed by atoms with Gasteiger partial charge in [0, 0.05) is 31.7 Å². The number of nitrogens with zero attached hydrogens (tertiary/aromatic N) is 2. The molecule has 1 saturated heterocycles. The number of benzene rings is 2. The Bertz CT molecular complexity index is 1170. The zero-order valence-corrected chi connectivity index (χ0v) is 21.0. The van der Waals surface area contributed by atoms with Crippen LogP contribution in [0.5, 0.6) is 5.75 Å². The van der Waals surface area contributed by atoms with Crippen molar-refractivity contribution in [2.75, 3.05) is 31.6 Å². The van der Waals surface area contributed by atoms with Gasteiger partial charge < -0.3 is 15.0 Å². The molecule has 9 heteroatoms. The van der Waals surface area contributed by atoms with E-state index in [0.717, 1.165) is 36.8 Å². The summed E-state index contributed by atoms with van der Waals surface area (Å²) >= 11 is 0. The summed E-state index contributed by atoms with van der Waals surface area (Å²) in [6, 6.07) is 12.4. The Labute approximate surface area is 207 Å². The van der Waals surface area contributed by atoms with Crippen LogP contribution in [0.3, 0.4) is 0 Å². The molecule has 188 valence electrons. The Morgan fingerprint density at radius 2 is 1.77 bits per heavy atom. The van der Waals surface area contributed by atoms with Crippen molar-refractivity contribution in [1.82, 2.24) is 9.62 Å². The first-order chi connectivity index (χ1) is 16.9. The number of hydrogen-bond donors (Lipinski definition) is 1. The van der Waals surface area contributed by atoms with Crippen LogP contribution >= 0.6 is 0 Å². The molecule has 2 aliphatic rings. The van der Waals surface area contributed by atoms with Crippen LogP contribution in [0.25, 0.3) is 0 Å². The number of sulfonamides is 1. The van der Waals surface area contributed by atoms with E-state index in [4.69, 9.17) is 4.74 Å². The molecule has 0 atom stereocenters. The van der Waals surface area contributed by atoms with Gasteiger partial charge in [-0.15, -0.1) is 0 Å². The lowest BCUT2D eigenvalue weighted by Gasteiger charge is -2.24. The van der Waals surface area contributed by atoms with Gasteiger partial charge in [0.15, 0.2) is 0 Å². The van der Waals surface area contributed by atoms with Crippen molar-refractivity contribution in [2.24, 2.45) is 0 Å². The predicted octanol–water partition coefficient (Wildman–Crippen LogP) is 3.25. The lowest BCUT2D eigenvalue weighted by Crippen LogP contribution is -2.40. The minimum absolute atomic E-state index is 0.117. The first-order valence-electron chi connectivity index (χ1n) is 12.2. The fraction of sp³-hybridized carbons (Fsp3) is 0.462. The maximum atomic E-state index is 13.3. The van der Waals surface area contributed by atoms with Crippen LogP contribution in [0, 0.1) is 0 Å². The number of fused-ring (bicyclic) bond motifs is 1. The largest absolute Gasteiger partial charge is 0.497 e. The molecule has 1 N–H and O–H groups in total. The molecule has 2 aromatic rings. The zero-order valence-electron chi connectivity index (χ0n) is 20.2. The normalized spacial score (nSPS) is 17.3. The number of hydrogen-bond acceptors (Lipinski definition) is 5. The van der Waals surface area contributed by atoms with Crippen LogP contribution in [0.2, 0.25) is 0 Å². The van der Waals surface area contributed by atoms with E-state index in [2.05, 4.69) is 5.32 Å². The van der Waals surface area contributed by atoms with Gasteiger partial charge in [0.25, 0.3) is 0 Å². The topological polar surface area (TPSA) is 96.0 Å². The van der Waals surface area contributed by atoms with E-state index in [1.165, 1.54) is 4.90 Å². The fourth-order valence-corrected chi connectivity index (χ4v) is 6.24. The standard InChI is InChI=1S/C26H33N3O5S/c1-34-22-10-6-8-20(16-22)18-27-25(30)19-29-24-13-12-23(17-21(24)9-7-11-26(29)31)35(32,33)28-14-4-2-3-5-15-28/h6,8,10,12-13,16-17H,2-5,7,9,11,14-15,18-19H2,1H3,(H,27,30). The van der Waals surface area contributed by atoms with Crippen molar-refractivity contribution < 1.29 is 22.7 Å². The number of amides is 2. The van der Waals surface area contributed by atoms with Gasteiger partial charge in [0.05, 0.1) is 12.0 Å². The Morgan fingerprint density at radius 3 is 2.51 bits per heavy atom. The Balaban J connectivity index is 1.50. The van der Waals surface area contributed by atoms with Gasteiger partial charge in [-0.25, -0.2) is 8.42 Å². The molecule has 0 unspecified atom stereocenters. The highest BCUT2D eigenvalue weighted by molar-refractivity contribution is 7.89. The minimum Gasteiger partial charge on any atom is -0.497 e. The van der Waals surface area contributed by atoms with Crippen LogP contribution in [0.4, 0.5) is 5.69 Å². The van der Waals surface area contributed by atoms with Crippen molar-refractivity contribution in [3.05, 3.63) is 53.6 Å². The van der Waals surface area contributed by atoms with Gasteiger partial charge in [-0.3, -0.25) is 9.59 Å². The maximum absolute atomic E-state index is 13.3. The molecule has 4 rings (SSSR count). The van der Waals surface area contributed by atoms with E-state index < -0.39 is 10.0 Å². The van der Waals surface area contributed by atoms with Crippen LogP contribution in [0.1, 0.15) is 49.7 Å². The van der Waals surface area contributed by atoms with Gasteiger partial charge in [-0.05, 0) is 67.1 Å². The molecule has 0 radical (unpaired) electrons. The molecule has 0 spiro atoms. The summed E-state index contributed by atoms with van der Waals surface area (Å²) in [4.78, 5) is 27.3. The Hall–Kier alpha value is -2.91. The molecular formula is C26H33N3O5S. The molecule has 2 amide bonds. The van der Waals surface area contributed by atoms with Crippen LogP contribution < -0.4 is 15.0 Å². The molecular weight excluding hydrogens is 466 g/mol. The Morgan fingerprint density at radius 1 is 1.00 bits per heavy atom. The highest BCUT2D eigenvalue weighted by Crippen LogP contribution is 2.31. The summed E-state index contributed by atoms with van der Waals surface area (Å²) in [5.41, 5.74) is 2.29. The van der Waals surface area contributed by atoms with Crippen LogP contribution in [-0.2, 0) is 32.6 Å². The summed E-state index contributed by atoms with van der Waals surface area (Å²) in [7, 11) is -2.00. The van der Waals surface area contributed by atoms with Gasteiger partial charge >= 0.3 is 0 Å². The number of ether oxygens (including phenoxy) is 1. The van der Waals surface area contributed by atoms with Crippen molar-refractivity contribution in [3.63, 3.8) is 0 Å². The van der Waals surface area contributed by atoms with Crippen LogP contribution in [-0.4, -0.2) is 51.3 Å². The number of rotatable bonds is 7. The second kappa shape index (κ2) is 11.2. The average Bonchev–Trinajstić information content (AvgIpc) is 3.23. The lowest BCUT2D eigenvalue weighted by atomic mass is 10.1. The van der Waals surface area contributed by atoms with E-state index >= 15 is 0 Å². The number of anilines is 1. The first-order valence-corrected chi connectivity index (χ1v) is 13.7. The van der Waals surface area contributed by atoms with E-state index in [1.54, 1.807) is 29.6 Å². The minimum atomic E-state index is -3.59. The third kappa shape index (κ3) is 6.02. The first kappa shape index (κ1) is 25.2. The third-order valence-corrected chi connectivity index (χ3v) is 8.50. The number of carbonyl (C=O) groups excluding carboxylic acids is 2. The highest BCUT2D eigenvalue weighted by atomic mass is 32.2. The summed E-state index contributed by atoms with van der Waals surface area (Å²) < 4.78 is 33.3. The zero-order chi connectivity index (χ0) is 24.8. The molecule has 1 fully saturated rings. The molecule has 0 saturated carbocycles. The van der Waals surface area contributed by atoms with Gasteiger partial charge in [-0.2, -0.15) is 4.31 Å². The monoisotopic (exact) mass is 499 g/mol. The van der Waals surface area contributed by atoms with Gasteiger partial charge in [0.1, 0.15) is 12.3 Å². The second-order valence-electron chi connectivity index (χ2n) is 9.07. The predicted molar refractivity (Wildman–Crippen MR) is 134 cm³/mol. The molecule has 2 aromatic carbocycles. The van der Waals surface area contributed by atoms with Crippen LogP contribution in [0.15, 0.2) is 47.4 Å². The van der Waals surface area contributed by atoms with Crippen molar-refractivity contribution >= 4 is 27.5 Å².